The molecule has 0 aliphatic rings. The summed E-state index contributed by atoms with van der Waals surface area (Å²) in [4.78, 5) is 10.9. The molecule has 1 atom stereocenters. The molecule has 0 heterocycles. The maximum Gasteiger partial charge on any atom is 0.158 e. The summed E-state index contributed by atoms with van der Waals surface area (Å²) in [5.74, 6) is 0.143. The molecular formula is C8H17NO2. The number of carbonyl (C=O) groups is 1. The summed E-state index contributed by atoms with van der Waals surface area (Å²) in [6.07, 6.45) is 1.30. The summed E-state index contributed by atoms with van der Waals surface area (Å²) < 4.78 is 4.94. The van der Waals surface area contributed by atoms with Gasteiger partial charge in [0.05, 0.1) is 0 Å². The average molecular weight is 159 g/mol. The smallest absolute Gasteiger partial charge is 0.158 e. The molecule has 3 nitrogen and oxygen atoms in total. The fourth-order valence-electron chi connectivity index (χ4n) is 0.677. The quantitative estimate of drug-likeness (QED) is 0.621. The van der Waals surface area contributed by atoms with Gasteiger partial charge in [0, 0.05) is 19.1 Å². The second-order valence-corrected chi connectivity index (χ2v) is 2.69. The van der Waals surface area contributed by atoms with E-state index in [1.54, 1.807) is 0 Å². The molecule has 0 aliphatic heterocycles. The van der Waals surface area contributed by atoms with Crippen LogP contribution in [0.15, 0.2) is 0 Å². The Hall–Kier alpha value is -0.410. The second-order valence-electron chi connectivity index (χ2n) is 2.69. The first-order valence-electron chi connectivity index (χ1n) is 4.01. The maximum atomic E-state index is 10.9. The van der Waals surface area contributed by atoms with E-state index >= 15 is 0 Å². The minimum absolute atomic E-state index is 0.112. The van der Waals surface area contributed by atoms with Gasteiger partial charge in [-0.3, -0.25) is 4.79 Å². The fourth-order valence-corrected chi connectivity index (χ4v) is 0.677. The highest BCUT2D eigenvalue weighted by molar-refractivity contribution is 5.79. The predicted molar refractivity (Wildman–Crippen MR) is 44.4 cm³/mol. The monoisotopic (exact) mass is 159 g/mol. The number of carbonyl (C=O) groups excluding carboxylic acids is 1. The van der Waals surface area contributed by atoms with Crippen molar-refractivity contribution >= 4 is 5.78 Å². The van der Waals surface area contributed by atoms with Crippen LogP contribution in [0.2, 0.25) is 0 Å². The van der Waals surface area contributed by atoms with Crippen molar-refractivity contribution in [3.63, 3.8) is 0 Å². The first kappa shape index (κ1) is 10.6. The van der Waals surface area contributed by atoms with E-state index in [1.165, 1.54) is 0 Å². The van der Waals surface area contributed by atoms with E-state index in [0.717, 1.165) is 6.42 Å². The summed E-state index contributed by atoms with van der Waals surface area (Å²) in [6, 6.07) is 0.112. The Morgan fingerprint density at radius 2 is 2.27 bits per heavy atom. The van der Waals surface area contributed by atoms with Crippen molar-refractivity contribution in [3.8, 4) is 0 Å². The van der Waals surface area contributed by atoms with Gasteiger partial charge in [0.15, 0.2) is 5.78 Å². The summed E-state index contributed by atoms with van der Waals surface area (Å²) in [6.45, 7) is 4.61. The van der Waals surface area contributed by atoms with Crippen molar-refractivity contribution in [2.24, 2.45) is 5.73 Å². The van der Waals surface area contributed by atoms with E-state index in [0.29, 0.717) is 13.0 Å². The van der Waals surface area contributed by atoms with Crippen LogP contribution in [-0.4, -0.2) is 25.0 Å². The first-order valence-corrected chi connectivity index (χ1v) is 4.01. The molecule has 66 valence electrons. The molecule has 0 spiro atoms. The lowest BCUT2D eigenvalue weighted by Crippen LogP contribution is -2.18. The van der Waals surface area contributed by atoms with E-state index in [2.05, 4.69) is 0 Å². The molecule has 2 N–H and O–H groups in total. The van der Waals surface area contributed by atoms with Crippen molar-refractivity contribution in [1.29, 1.82) is 0 Å². The minimum atomic E-state index is 0.112. The Labute approximate surface area is 67.9 Å². The van der Waals surface area contributed by atoms with E-state index in [1.807, 2.05) is 13.8 Å². The Kier molecular flexibility index (Phi) is 6.07. The van der Waals surface area contributed by atoms with Gasteiger partial charge >= 0.3 is 0 Å². The summed E-state index contributed by atoms with van der Waals surface area (Å²) in [5, 5.41) is 0. The summed E-state index contributed by atoms with van der Waals surface area (Å²) in [5.41, 5.74) is 5.48. The van der Waals surface area contributed by atoms with Crippen LogP contribution < -0.4 is 5.73 Å². The van der Waals surface area contributed by atoms with Gasteiger partial charge in [-0.25, -0.2) is 0 Å². The molecule has 0 saturated carbocycles. The number of rotatable bonds is 6. The lowest BCUT2D eigenvalue weighted by atomic mass is 10.1. The lowest BCUT2D eigenvalue weighted by Gasteiger charge is -2.03. The fraction of sp³-hybridized carbons (Fsp3) is 0.875. The van der Waals surface area contributed by atoms with Gasteiger partial charge in [-0.05, 0) is 20.3 Å². The van der Waals surface area contributed by atoms with Crippen LogP contribution in [0.3, 0.4) is 0 Å². The van der Waals surface area contributed by atoms with Crippen LogP contribution in [0.4, 0.5) is 0 Å². The molecule has 3 heteroatoms. The molecule has 0 aromatic heterocycles. The third-order valence-electron chi connectivity index (χ3n) is 1.35. The van der Waals surface area contributed by atoms with Gasteiger partial charge in [-0.1, -0.05) is 0 Å². The van der Waals surface area contributed by atoms with Crippen LogP contribution in [0, 0.1) is 0 Å². The first-order chi connectivity index (χ1) is 5.16. The highest BCUT2D eigenvalue weighted by Gasteiger charge is 2.02. The normalized spacial score (nSPS) is 13.0. The van der Waals surface area contributed by atoms with Crippen molar-refractivity contribution in [3.05, 3.63) is 0 Å². The summed E-state index contributed by atoms with van der Waals surface area (Å²) >= 11 is 0. The number of Topliss-reactive ketones (excluding diaryl/α,β-unsaturated/α-hetero) is 1. The number of hydrogen-bond donors (Lipinski definition) is 1. The van der Waals surface area contributed by atoms with Crippen LogP contribution in [0.25, 0.3) is 0 Å². The van der Waals surface area contributed by atoms with Gasteiger partial charge in [-0.2, -0.15) is 0 Å². The lowest BCUT2D eigenvalue weighted by molar-refractivity contribution is -0.123. The van der Waals surface area contributed by atoms with E-state index in [-0.39, 0.29) is 18.4 Å². The number of ketones is 1. The largest absolute Gasteiger partial charge is 0.374 e. The molecule has 0 fully saturated rings. The molecule has 0 aliphatic carbocycles. The Balaban J connectivity index is 3.23. The molecule has 0 saturated heterocycles. The van der Waals surface area contributed by atoms with Crippen LogP contribution in [-0.2, 0) is 9.53 Å². The van der Waals surface area contributed by atoms with Gasteiger partial charge < -0.3 is 10.5 Å². The zero-order valence-corrected chi connectivity index (χ0v) is 7.30. The third-order valence-corrected chi connectivity index (χ3v) is 1.35. The molecule has 0 bridgehead atoms. The van der Waals surface area contributed by atoms with Crippen molar-refractivity contribution in [2.45, 2.75) is 32.7 Å². The molecule has 1 unspecified atom stereocenters. The Bertz CT molecular complexity index is 113. The van der Waals surface area contributed by atoms with Gasteiger partial charge in [0.25, 0.3) is 0 Å². The standard InChI is InChI=1S/C8H17NO2/c1-3-11-6-8(10)5-4-7(2)9/h7H,3-6,9H2,1-2H3. The molecule has 0 aromatic rings. The van der Waals surface area contributed by atoms with Gasteiger partial charge in [0.2, 0.25) is 0 Å². The maximum absolute atomic E-state index is 10.9. The average Bonchev–Trinajstić information content (AvgIpc) is 1.97. The predicted octanol–water partition coefficient (Wildman–Crippen LogP) is 0.719. The van der Waals surface area contributed by atoms with E-state index in [4.69, 9.17) is 10.5 Å². The van der Waals surface area contributed by atoms with Crippen molar-refractivity contribution < 1.29 is 9.53 Å². The zero-order chi connectivity index (χ0) is 8.69. The van der Waals surface area contributed by atoms with Crippen LogP contribution in [0.1, 0.15) is 26.7 Å². The molecule has 0 aromatic carbocycles. The van der Waals surface area contributed by atoms with Crippen LogP contribution in [0.5, 0.6) is 0 Å². The molecule has 0 amide bonds. The highest BCUT2D eigenvalue weighted by Crippen LogP contribution is 1.94. The van der Waals surface area contributed by atoms with Gasteiger partial charge in [-0.15, -0.1) is 0 Å². The Morgan fingerprint density at radius 1 is 1.64 bits per heavy atom. The van der Waals surface area contributed by atoms with E-state index in [9.17, 15) is 4.79 Å². The third kappa shape index (κ3) is 7.49. The highest BCUT2D eigenvalue weighted by atomic mass is 16.5. The number of hydrogen-bond acceptors (Lipinski definition) is 3. The molecule has 11 heavy (non-hydrogen) atoms. The Morgan fingerprint density at radius 3 is 2.73 bits per heavy atom. The topological polar surface area (TPSA) is 52.3 Å². The number of ether oxygens (including phenoxy) is 1. The molecule has 0 radical (unpaired) electrons. The van der Waals surface area contributed by atoms with Crippen LogP contribution >= 0.6 is 0 Å². The zero-order valence-electron chi connectivity index (χ0n) is 7.30. The minimum Gasteiger partial charge on any atom is -0.374 e. The van der Waals surface area contributed by atoms with Crippen molar-refractivity contribution in [1.82, 2.24) is 0 Å². The van der Waals surface area contributed by atoms with E-state index < -0.39 is 0 Å². The van der Waals surface area contributed by atoms with Gasteiger partial charge in [0.1, 0.15) is 6.61 Å². The number of nitrogens with two attached hydrogens (primary N) is 1. The van der Waals surface area contributed by atoms with Crippen molar-refractivity contribution in [2.75, 3.05) is 13.2 Å². The molecule has 0 rings (SSSR count). The molecular weight excluding hydrogens is 142 g/mol. The summed E-state index contributed by atoms with van der Waals surface area (Å²) in [7, 11) is 0. The second kappa shape index (κ2) is 6.31. The SMILES string of the molecule is CCOCC(=O)CCC(C)N.